The number of hydrogen-bond acceptors (Lipinski definition) is 4. The van der Waals surface area contributed by atoms with Gasteiger partial charge in [0.15, 0.2) is 0 Å². The molecule has 0 heterocycles. The summed E-state index contributed by atoms with van der Waals surface area (Å²) in [4.78, 5) is 23.0. The highest BCUT2D eigenvalue weighted by molar-refractivity contribution is 8.00. The smallest absolute Gasteiger partial charge is 0.230 e. The van der Waals surface area contributed by atoms with E-state index < -0.39 is 0 Å². The molecule has 0 fully saturated rings. The lowest BCUT2D eigenvalue weighted by Crippen LogP contribution is -2.27. The number of thioether (sulfide) groups is 2. The number of nitrogens with one attached hydrogen (secondary N) is 2. The molecule has 0 rings (SSSR count). The molecule has 0 aliphatic rings. The van der Waals surface area contributed by atoms with Crippen molar-refractivity contribution in [3.8, 4) is 0 Å². The number of rotatable bonds is 14. The van der Waals surface area contributed by atoms with Crippen LogP contribution in [-0.2, 0) is 9.59 Å². The van der Waals surface area contributed by atoms with E-state index in [1.807, 2.05) is 0 Å². The first-order valence-corrected chi connectivity index (χ1v) is 10.8. The molecule has 0 aliphatic heterocycles. The van der Waals surface area contributed by atoms with Crippen molar-refractivity contribution in [2.45, 2.75) is 70.3 Å². The van der Waals surface area contributed by atoms with Gasteiger partial charge in [0.25, 0.3) is 0 Å². The van der Waals surface area contributed by atoms with Crippen LogP contribution in [0.2, 0.25) is 0 Å². The zero-order chi connectivity index (χ0) is 17.5. The van der Waals surface area contributed by atoms with Crippen LogP contribution in [0.25, 0.3) is 0 Å². The molecule has 0 atom stereocenters. The van der Waals surface area contributed by atoms with Crippen LogP contribution in [0.15, 0.2) is 0 Å². The molecule has 0 aromatic carbocycles. The molecule has 136 valence electrons. The Kier molecular flexibility index (Phi) is 14.9. The first kappa shape index (κ1) is 22.6. The zero-order valence-corrected chi connectivity index (χ0v) is 16.8. The summed E-state index contributed by atoms with van der Waals surface area (Å²) in [5.41, 5.74) is 0. The van der Waals surface area contributed by atoms with Crippen LogP contribution >= 0.6 is 23.5 Å². The van der Waals surface area contributed by atoms with E-state index >= 15 is 0 Å². The number of amides is 2. The molecular formula is C17H34N2O2S2. The van der Waals surface area contributed by atoms with E-state index in [1.165, 1.54) is 0 Å². The number of carbonyl (C=O) groups is 2. The van der Waals surface area contributed by atoms with Gasteiger partial charge in [-0.05, 0) is 23.3 Å². The minimum Gasteiger partial charge on any atom is -0.355 e. The third kappa shape index (κ3) is 17.8. The summed E-state index contributed by atoms with van der Waals surface area (Å²) in [5, 5.41) is 6.93. The molecule has 0 spiro atoms. The second-order valence-corrected chi connectivity index (χ2v) is 9.32. The maximum absolute atomic E-state index is 11.5. The van der Waals surface area contributed by atoms with Gasteiger partial charge in [-0.15, -0.1) is 23.5 Å². The summed E-state index contributed by atoms with van der Waals surface area (Å²) in [6.45, 7) is 9.96. The number of unbranched alkanes of at least 4 members (excludes halogenated alkanes) is 4. The Morgan fingerprint density at radius 1 is 0.696 bits per heavy atom. The van der Waals surface area contributed by atoms with Crippen molar-refractivity contribution in [1.82, 2.24) is 10.6 Å². The van der Waals surface area contributed by atoms with Gasteiger partial charge < -0.3 is 10.6 Å². The van der Waals surface area contributed by atoms with Crippen LogP contribution in [0.4, 0.5) is 0 Å². The summed E-state index contributed by atoms with van der Waals surface area (Å²) >= 11 is 3.35. The maximum Gasteiger partial charge on any atom is 0.230 e. The van der Waals surface area contributed by atoms with Gasteiger partial charge in [-0.25, -0.2) is 0 Å². The van der Waals surface area contributed by atoms with Crippen LogP contribution in [0.1, 0.15) is 59.8 Å². The Morgan fingerprint density at radius 3 is 1.39 bits per heavy atom. The normalized spacial score (nSPS) is 11.0. The highest BCUT2D eigenvalue weighted by atomic mass is 32.2. The molecular weight excluding hydrogens is 328 g/mol. The molecule has 0 radical (unpaired) electrons. The molecule has 6 heteroatoms. The second-order valence-electron chi connectivity index (χ2n) is 6.19. The van der Waals surface area contributed by atoms with Gasteiger partial charge in [-0.3, -0.25) is 9.59 Å². The largest absolute Gasteiger partial charge is 0.355 e. The zero-order valence-electron chi connectivity index (χ0n) is 15.2. The third-order valence-corrected chi connectivity index (χ3v) is 5.28. The SMILES string of the molecule is CC(C)SCC(=O)NCCCCCCCNC(=O)CSC(C)C. The molecule has 2 amide bonds. The standard InChI is InChI=1S/C17H34N2O2S2/c1-14(2)22-12-16(20)18-10-8-6-5-7-9-11-19-17(21)13-23-15(3)4/h14-15H,5-13H2,1-4H3,(H,18,20)(H,19,21). The van der Waals surface area contributed by atoms with Gasteiger partial charge in [0.05, 0.1) is 11.5 Å². The van der Waals surface area contributed by atoms with Crippen molar-refractivity contribution in [3.05, 3.63) is 0 Å². The molecule has 2 N–H and O–H groups in total. The van der Waals surface area contributed by atoms with Crippen molar-refractivity contribution < 1.29 is 9.59 Å². The number of hydrogen-bond donors (Lipinski definition) is 2. The van der Waals surface area contributed by atoms with Gasteiger partial charge in [0.1, 0.15) is 0 Å². The minimum atomic E-state index is 0.144. The van der Waals surface area contributed by atoms with Crippen LogP contribution in [0.3, 0.4) is 0 Å². The fourth-order valence-electron chi connectivity index (χ4n) is 1.82. The van der Waals surface area contributed by atoms with Gasteiger partial charge >= 0.3 is 0 Å². The molecule has 0 aliphatic carbocycles. The van der Waals surface area contributed by atoms with Gasteiger partial charge in [0, 0.05) is 13.1 Å². The average Bonchev–Trinajstić information content (AvgIpc) is 2.49. The van der Waals surface area contributed by atoms with E-state index in [1.54, 1.807) is 23.5 Å². The summed E-state index contributed by atoms with van der Waals surface area (Å²) in [6.07, 6.45) is 5.50. The highest BCUT2D eigenvalue weighted by Gasteiger charge is 2.03. The number of carbonyl (C=O) groups excluding carboxylic acids is 2. The molecule has 0 aromatic rings. The Hall–Kier alpha value is -0.360. The van der Waals surface area contributed by atoms with Crippen molar-refractivity contribution in [2.75, 3.05) is 24.6 Å². The lowest BCUT2D eigenvalue weighted by atomic mass is 10.1. The van der Waals surface area contributed by atoms with Crippen molar-refractivity contribution in [1.29, 1.82) is 0 Å². The molecule has 0 bridgehead atoms. The first-order chi connectivity index (χ1) is 10.9. The van der Waals surface area contributed by atoms with Crippen LogP contribution < -0.4 is 10.6 Å². The summed E-state index contributed by atoms with van der Waals surface area (Å²) in [6, 6.07) is 0. The van der Waals surface area contributed by atoms with Crippen LogP contribution in [-0.4, -0.2) is 46.9 Å². The molecule has 0 saturated heterocycles. The van der Waals surface area contributed by atoms with Crippen LogP contribution in [0, 0.1) is 0 Å². The predicted octanol–water partition coefficient (Wildman–Crippen LogP) is 3.45. The van der Waals surface area contributed by atoms with E-state index in [0.717, 1.165) is 45.2 Å². The summed E-state index contributed by atoms with van der Waals surface area (Å²) < 4.78 is 0. The fraction of sp³-hybridized carbons (Fsp3) is 0.882. The first-order valence-electron chi connectivity index (χ1n) is 8.68. The Bertz CT molecular complexity index is 294. The Balaban J connectivity index is 3.27. The molecule has 4 nitrogen and oxygen atoms in total. The lowest BCUT2D eigenvalue weighted by Gasteiger charge is -2.07. The van der Waals surface area contributed by atoms with Gasteiger partial charge in [-0.2, -0.15) is 0 Å². The topological polar surface area (TPSA) is 58.2 Å². The van der Waals surface area contributed by atoms with E-state index in [-0.39, 0.29) is 11.8 Å². The average molecular weight is 363 g/mol. The van der Waals surface area contributed by atoms with Crippen LogP contribution in [0.5, 0.6) is 0 Å². The summed E-state index contributed by atoms with van der Waals surface area (Å²) in [5.74, 6) is 1.41. The quantitative estimate of drug-likeness (QED) is 0.465. The fourth-order valence-corrected chi connectivity index (χ4v) is 3.00. The lowest BCUT2D eigenvalue weighted by molar-refractivity contribution is -0.119. The van der Waals surface area contributed by atoms with Gasteiger partial charge in [-0.1, -0.05) is 47.0 Å². The Labute approximate surface area is 150 Å². The molecule has 0 unspecified atom stereocenters. The van der Waals surface area contributed by atoms with Gasteiger partial charge in [0.2, 0.25) is 11.8 Å². The minimum absolute atomic E-state index is 0.144. The third-order valence-electron chi connectivity index (χ3n) is 3.09. The Morgan fingerprint density at radius 2 is 1.04 bits per heavy atom. The monoisotopic (exact) mass is 362 g/mol. The molecule has 23 heavy (non-hydrogen) atoms. The maximum atomic E-state index is 11.5. The van der Waals surface area contributed by atoms with E-state index in [2.05, 4.69) is 38.3 Å². The second kappa shape index (κ2) is 15.2. The van der Waals surface area contributed by atoms with Crippen molar-refractivity contribution >= 4 is 35.3 Å². The van der Waals surface area contributed by atoms with E-state index in [0.29, 0.717) is 22.0 Å². The summed E-state index contributed by atoms with van der Waals surface area (Å²) in [7, 11) is 0. The predicted molar refractivity (Wildman–Crippen MR) is 104 cm³/mol. The highest BCUT2D eigenvalue weighted by Crippen LogP contribution is 2.08. The van der Waals surface area contributed by atoms with E-state index in [4.69, 9.17) is 0 Å². The van der Waals surface area contributed by atoms with Crippen molar-refractivity contribution in [2.24, 2.45) is 0 Å². The molecule has 0 aromatic heterocycles. The molecule has 0 saturated carbocycles. The van der Waals surface area contributed by atoms with E-state index in [9.17, 15) is 9.59 Å². The van der Waals surface area contributed by atoms with Crippen molar-refractivity contribution in [3.63, 3.8) is 0 Å².